The molecule has 0 bridgehead atoms. The first-order valence-electron chi connectivity index (χ1n) is 11.6. The Hall–Kier alpha value is -3.96. The lowest BCUT2D eigenvalue weighted by atomic mass is 9.90. The molecule has 5 aromatic rings. The lowest BCUT2D eigenvalue weighted by Crippen LogP contribution is -2.13. The van der Waals surface area contributed by atoms with Crippen LogP contribution in [0.4, 0.5) is 3.89 Å². The van der Waals surface area contributed by atoms with E-state index in [0.717, 1.165) is 16.5 Å². The summed E-state index contributed by atoms with van der Waals surface area (Å²) in [5, 5.41) is 11.2. The van der Waals surface area contributed by atoms with Crippen molar-refractivity contribution in [1.82, 2.24) is 9.55 Å². The second-order valence-corrected chi connectivity index (χ2v) is 10.9. The Morgan fingerprint density at radius 2 is 1.75 bits per heavy atom. The van der Waals surface area contributed by atoms with Gasteiger partial charge in [-0.15, -0.1) is 3.89 Å². The minimum Gasteiger partial charge on any atom is -0.340 e. The number of H-pyrrole nitrogens is 1. The molecule has 0 spiro atoms. The number of rotatable bonds is 4. The fraction of sp³-hybridized carbons (Fsp3) is 0.214. The van der Waals surface area contributed by atoms with Gasteiger partial charge < -0.3 is 9.55 Å². The van der Waals surface area contributed by atoms with Crippen LogP contribution >= 0.6 is 0 Å². The fourth-order valence-electron chi connectivity index (χ4n) is 4.98. The number of nitrogens with zero attached hydrogens (tertiary/aromatic N) is 2. The summed E-state index contributed by atoms with van der Waals surface area (Å²) in [7, 11) is -4.87. The van der Waals surface area contributed by atoms with Crippen LogP contribution in [0.15, 0.2) is 64.3 Å². The molecular formula is C28H24FN3O3S. The Balaban J connectivity index is 1.95. The third-order valence-electron chi connectivity index (χ3n) is 6.61. The number of nitriles is 1. The average Bonchev–Trinajstić information content (AvgIpc) is 3.21. The van der Waals surface area contributed by atoms with Crippen molar-refractivity contribution in [2.24, 2.45) is 0 Å². The summed E-state index contributed by atoms with van der Waals surface area (Å²) in [6, 6.07) is 16.9. The van der Waals surface area contributed by atoms with Gasteiger partial charge in [-0.2, -0.15) is 13.7 Å². The van der Waals surface area contributed by atoms with Crippen molar-refractivity contribution < 1.29 is 12.3 Å². The van der Waals surface area contributed by atoms with Crippen molar-refractivity contribution in [2.75, 3.05) is 0 Å². The Morgan fingerprint density at radius 1 is 1.00 bits per heavy atom. The van der Waals surface area contributed by atoms with Gasteiger partial charge in [0.05, 0.1) is 27.4 Å². The fourth-order valence-corrected chi connectivity index (χ4v) is 5.49. The van der Waals surface area contributed by atoms with Crippen LogP contribution in [0.1, 0.15) is 50.8 Å². The predicted octanol–water partition coefficient (Wildman–Crippen LogP) is 6.54. The molecule has 5 rings (SSSR count). The maximum Gasteiger partial charge on any atom is 0.332 e. The molecule has 2 heterocycles. The van der Waals surface area contributed by atoms with Gasteiger partial charge in [0.15, 0.2) is 5.43 Å². The highest BCUT2D eigenvalue weighted by molar-refractivity contribution is 7.86. The van der Waals surface area contributed by atoms with Crippen molar-refractivity contribution in [1.29, 1.82) is 5.26 Å². The van der Waals surface area contributed by atoms with E-state index in [1.807, 2.05) is 44.4 Å². The second kappa shape index (κ2) is 8.32. The van der Waals surface area contributed by atoms with Gasteiger partial charge in [0.1, 0.15) is 5.65 Å². The maximum atomic E-state index is 13.9. The normalized spacial score (nSPS) is 12.3. The second-order valence-electron chi connectivity index (χ2n) is 9.59. The molecule has 2 aromatic heterocycles. The van der Waals surface area contributed by atoms with E-state index < -0.39 is 15.1 Å². The molecule has 0 saturated heterocycles. The molecule has 8 heteroatoms. The first kappa shape index (κ1) is 23.8. The molecule has 0 atom stereocenters. The topological polar surface area (TPSA) is 95.7 Å². The van der Waals surface area contributed by atoms with E-state index in [9.17, 15) is 22.4 Å². The third kappa shape index (κ3) is 3.67. The predicted molar refractivity (Wildman–Crippen MR) is 140 cm³/mol. The number of fused-ring (bicyclic) bond motifs is 4. The number of hydrogen-bond donors (Lipinski definition) is 1. The van der Waals surface area contributed by atoms with Crippen molar-refractivity contribution in [3.8, 4) is 17.2 Å². The summed E-state index contributed by atoms with van der Waals surface area (Å²) in [6.07, 6.45) is 0. The Kier molecular flexibility index (Phi) is 5.49. The van der Waals surface area contributed by atoms with Gasteiger partial charge in [-0.1, -0.05) is 32.0 Å². The molecule has 0 fully saturated rings. The summed E-state index contributed by atoms with van der Waals surface area (Å²) in [6.45, 7) is 8.02. The number of halogens is 1. The van der Waals surface area contributed by atoms with E-state index in [4.69, 9.17) is 0 Å². The largest absolute Gasteiger partial charge is 0.340 e. The van der Waals surface area contributed by atoms with E-state index in [0.29, 0.717) is 38.6 Å². The van der Waals surface area contributed by atoms with Crippen LogP contribution in [0, 0.1) is 11.3 Å². The standard InChI is InChI=1S/C28H24FN3O3S/c1-15(2)21-12-23-25(13-22(21)18-6-5-7-19(11-18)36(29,34)35)32(16(3)4)28-26(27(23)33)20-9-8-17(14-30)10-24(20)31-28/h5-13,15-16,31H,1-4H3. The third-order valence-corrected chi connectivity index (χ3v) is 7.43. The zero-order chi connectivity index (χ0) is 25.9. The highest BCUT2D eigenvalue weighted by Crippen LogP contribution is 2.36. The highest BCUT2D eigenvalue weighted by atomic mass is 32.3. The molecule has 6 nitrogen and oxygen atoms in total. The van der Waals surface area contributed by atoms with E-state index in [1.54, 1.807) is 24.3 Å². The monoisotopic (exact) mass is 501 g/mol. The lowest BCUT2D eigenvalue weighted by molar-refractivity contribution is 0.552. The van der Waals surface area contributed by atoms with Gasteiger partial charge in [-0.25, -0.2) is 0 Å². The number of nitrogens with one attached hydrogen (secondary N) is 1. The number of pyridine rings is 1. The van der Waals surface area contributed by atoms with Gasteiger partial charge in [-0.3, -0.25) is 4.79 Å². The molecule has 1 N–H and O–H groups in total. The minimum atomic E-state index is -4.87. The van der Waals surface area contributed by atoms with Gasteiger partial charge >= 0.3 is 10.2 Å². The van der Waals surface area contributed by atoms with Crippen molar-refractivity contribution >= 4 is 43.1 Å². The molecule has 0 saturated carbocycles. The molecule has 3 aromatic carbocycles. The molecular weight excluding hydrogens is 477 g/mol. The Labute approximate surface area is 207 Å². The number of aromatic nitrogens is 2. The number of benzene rings is 3. The van der Waals surface area contributed by atoms with E-state index in [2.05, 4.69) is 11.1 Å². The zero-order valence-corrected chi connectivity index (χ0v) is 21.1. The minimum absolute atomic E-state index is 0.0128. The molecule has 0 amide bonds. The van der Waals surface area contributed by atoms with Gasteiger partial charge in [0.2, 0.25) is 0 Å². The van der Waals surface area contributed by atoms with Gasteiger partial charge in [0, 0.05) is 22.3 Å². The molecule has 36 heavy (non-hydrogen) atoms. The van der Waals surface area contributed by atoms with Crippen LogP contribution < -0.4 is 5.43 Å². The summed E-state index contributed by atoms with van der Waals surface area (Å²) < 4.78 is 39.0. The average molecular weight is 502 g/mol. The van der Waals surface area contributed by atoms with Crippen LogP contribution in [-0.4, -0.2) is 18.0 Å². The SMILES string of the molecule is CC(C)c1cc2c(=O)c3c4ccc(C#N)cc4[nH]c3n(C(C)C)c2cc1-c1cccc(S(=O)(=O)F)c1. The highest BCUT2D eigenvalue weighted by Gasteiger charge is 2.22. The van der Waals surface area contributed by atoms with Crippen LogP contribution in [0.25, 0.3) is 44.0 Å². The van der Waals surface area contributed by atoms with E-state index in [1.165, 1.54) is 18.2 Å². The smallest absolute Gasteiger partial charge is 0.332 e. The Morgan fingerprint density at radius 3 is 2.39 bits per heavy atom. The van der Waals surface area contributed by atoms with Crippen LogP contribution in [-0.2, 0) is 10.2 Å². The van der Waals surface area contributed by atoms with Crippen molar-refractivity contribution in [3.63, 3.8) is 0 Å². The van der Waals surface area contributed by atoms with Gasteiger partial charge in [-0.05, 0) is 72.9 Å². The summed E-state index contributed by atoms with van der Waals surface area (Å²) in [5.74, 6) is 0.0128. The van der Waals surface area contributed by atoms with Crippen LogP contribution in [0.2, 0.25) is 0 Å². The molecule has 0 aliphatic heterocycles. The molecule has 0 aliphatic rings. The molecule has 0 unspecified atom stereocenters. The van der Waals surface area contributed by atoms with E-state index >= 15 is 0 Å². The quantitative estimate of drug-likeness (QED) is 0.283. The van der Waals surface area contributed by atoms with E-state index in [-0.39, 0.29) is 17.4 Å². The van der Waals surface area contributed by atoms with Gasteiger partial charge in [0.25, 0.3) is 0 Å². The zero-order valence-electron chi connectivity index (χ0n) is 20.3. The molecule has 0 aliphatic carbocycles. The summed E-state index contributed by atoms with van der Waals surface area (Å²) in [4.78, 5) is 16.8. The lowest BCUT2D eigenvalue weighted by Gasteiger charge is -2.21. The summed E-state index contributed by atoms with van der Waals surface area (Å²) >= 11 is 0. The molecule has 0 radical (unpaired) electrons. The summed E-state index contributed by atoms with van der Waals surface area (Å²) in [5.41, 5.74) is 4.55. The number of hydrogen-bond acceptors (Lipinski definition) is 4. The van der Waals surface area contributed by atoms with Crippen LogP contribution in [0.5, 0.6) is 0 Å². The first-order chi connectivity index (χ1) is 17.0. The molecule has 182 valence electrons. The number of aromatic amines is 1. The first-order valence-corrected chi connectivity index (χ1v) is 13.0. The van der Waals surface area contributed by atoms with Crippen molar-refractivity contribution in [2.45, 2.75) is 44.6 Å². The Bertz CT molecular complexity index is 1910. The van der Waals surface area contributed by atoms with Crippen LogP contribution in [0.3, 0.4) is 0 Å². The maximum absolute atomic E-state index is 13.9. The van der Waals surface area contributed by atoms with Crippen molar-refractivity contribution in [3.05, 3.63) is 75.9 Å².